The minimum absolute atomic E-state index is 0.0165. The van der Waals surface area contributed by atoms with Gasteiger partial charge in [-0.05, 0) is 43.0 Å². The molecule has 3 aromatic rings. The number of carbonyl (C=O) groups is 2. The first-order valence-electron chi connectivity index (χ1n) is 12.0. The Kier molecular flexibility index (Phi) is 6.42. The van der Waals surface area contributed by atoms with Gasteiger partial charge in [0.1, 0.15) is 11.6 Å². The number of anilines is 1. The molecule has 6 heteroatoms. The van der Waals surface area contributed by atoms with Gasteiger partial charge in [0, 0.05) is 34.5 Å². The summed E-state index contributed by atoms with van der Waals surface area (Å²) in [6.07, 6.45) is 0.994. The number of rotatable bonds is 5. The Hall–Kier alpha value is -4.19. The highest BCUT2D eigenvalue weighted by atomic mass is 19.1. The number of hydrogen-bond acceptors (Lipinski definition) is 4. The molecule has 1 aliphatic carbocycles. The van der Waals surface area contributed by atoms with Gasteiger partial charge in [-0.25, -0.2) is 4.39 Å². The van der Waals surface area contributed by atoms with Crippen LogP contribution in [0, 0.1) is 5.82 Å². The number of dihydropyridines is 1. The van der Waals surface area contributed by atoms with E-state index in [0.717, 1.165) is 16.8 Å². The van der Waals surface area contributed by atoms with Crippen molar-refractivity contribution >= 4 is 17.4 Å². The molecule has 182 valence electrons. The van der Waals surface area contributed by atoms with E-state index in [2.05, 4.69) is 10.6 Å². The van der Waals surface area contributed by atoms with Crippen molar-refractivity contribution in [3.8, 4) is 5.75 Å². The van der Waals surface area contributed by atoms with Crippen LogP contribution in [-0.2, 0) is 9.59 Å². The molecule has 36 heavy (non-hydrogen) atoms. The second-order valence-electron chi connectivity index (χ2n) is 9.10. The van der Waals surface area contributed by atoms with E-state index in [1.54, 1.807) is 19.2 Å². The minimum Gasteiger partial charge on any atom is -0.496 e. The van der Waals surface area contributed by atoms with Crippen molar-refractivity contribution in [1.29, 1.82) is 0 Å². The highest BCUT2D eigenvalue weighted by Gasteiger charge is 2.42. The average molecular weight is 483 g/mol. The Morgan fingerprint density at radius 2 is 1.67 bits per heavy atom. The Morgan fingerprint density at radius 3 is 2.42 bits per heavy atom. The molecule has 2 N–H and O–H groups in total. The number of carbonyl (C=O) groups excluding carboxylic acids is 2. The molecule has 0 fully saturated rings. The summed E-state index contributed by atoms with van der Waals surface area (Å²) in [5.74, 6) is -1.03. The number of benzene rings is 3. The van der Waals surface area contributed by atoms with Crippen LogP contribution in [0.4, 0.5) is 10.1 Å². The van der Waals surface area contributed by atoms with Gasteiger partial charge in [0.05, 0.1) is 18.7 Å². The average Bonchev–Trinajstić information content (AvgIpc) is 2.89. The Labute approximate surface area is 209 Å². The number of amides is 1. The van der Waals surface area contributed by atoms with Crippen molar-refractivity contribution in [2.45, 2.75) is 31.6 Å². The van der Waals surface area contributed by atoms with Crippen molar-refractivity contribution < 1.29 is 18.7 Å². The van der Waals surface area contributed by atoms with Crippen LogP contribution in [0.25, 0.3) is 0 Å². The quantitative estimate of drug-likeness (QED) is 0.480. The highest BCUT2D eigenvalue weighted by Crippen LogP contribution is 2.47. The van der Waals surface area contributed by atoms with Gasteiger partial charge in [-0.3, -0.25) is 9.59 Å². The number of halogens is 1. The zero-order valence-corrected chi connectivity index (χ0v) is 20.2. The molecule has 0 radical (unpaired) electrons. The summed E-state index contributed by atoms with van der Waals surface area (Å²) in [5.41, 5.74) is 4.29. The first-order chi connectivity index (χ1) is 17.5. The van der Waals surface area contributed by atoms with E-state index < -0.39 is 17.6 Å². The molecule has 0 spiro atoms. The van der Waals surface area contributed by atoms with Crippen molar-refractivity contribution in [1.82, 2.24) is 5.32 Å². The molecule has 1 amide bonds. The smallest absolute Gasteiger partial charge is 0.254 e. The van der Waals surface area contributed by atoms with E-state index in [-0.39, 0.29) is 17.4 Å². The van der Waals surface area contributed by atoms with Crippen molar-refractivity contribution in [2.24, 2.45) is 0 Å². The summed E-state index contributed by atoms with van der Waals surface area (Å²) in [6.45, 7) is 1.82. The molecule has 0 bridgehead atoms. The third kappa shape index (κ3) is 4.31. The van der Waals surface area contributed by atoms with Crippen molar-refractivity contribution in [3.63, 3.8) is 0 Å². The van der Waals surface area contributed by atoms with E-state index in [1.165, 1.54) is 12.1 Å². The number of methoxy groups -OCH3 is 1. The molecule has 1 aliphatic heterocycles. The van der Waals surface area contributed by atoms with Gasteiger partial charge in [0.15, 0.2) is 5.78 Å². The summed E-state index contributed by atoms with van der Waals surface area (Å²) in [7, 11) is 1.57. The summed E-state index contributed by atoms with van der Waals surface area (Å²) in [5, 5.41) is 6.07. The fraction of sp³-hybridized carbons (Fsp3) is 0.200. The SMILES string of the molecule is COc1ccccc1[C@H]1C(C(=O)Nc2ccccc2F)=C(C)NC2=C1C(=O)C[C@@H](c1ccccc1)C2. The second-order valence-corrected chi connectivity index (χ2v) is 9.10. The molecule has 5 rings (SSSR count). The molecular formula is C30H27FN2O3. The van der Waals surface area contributed by atoms with Gasteiger partial charge in [-0.1, -0.05) is 60.7 Å². The first kappa shape index (κ1) is 23.5. The molecule has 1 heterocycles. The summed E-state index contributed by atoms with van der Waals surface area (Å²) in [6, 6.07) is 23.4. The molecule has 3 aromatic carbocycles. The zero-order valence-electron chi connectivity index (χ0n) is 20.2. The maximum atomic E-state index is 14.4. The Balaban J connectivity index is 1.60. The van der Waals surface area contributed by atoms with Gasteiger partial charge in [0.2, 0.25) is 0 Å². The van der Waals surface area contributed by atoms with Crippen LogP contribution in [0.5, 0.6) is 5.75 Å². The van der Waals surface area contributed by atoms with Crippen LogP contribution in [0.2, 0.25) is 0 Å². The van der Waals surface area contributed by atoms with E-state index in [0.29, 0.717) is 35.4 Å². The predicted octanol–water partition coefficient (Wildman–Crippen LogP) is 5.83. The predicted molar refractivity (Wildman–Crippen MR) is 137 cm³/mol. The molecule has 5 nitrogen and oxygen atoms in total. The van der Waals surface area contributed by atoms with Crippen LogP contribution >= 0.6 is 0 Å². The fourth-order valence-electron chi connectivity index (χ4n) is 5.27. The zero-order chi connectivity index (χ0) is 25.2. The van der Waals surface area contributed by atoms with E-state index >= 15 is 0 Å². The third-order valence-electron chi connectivity index (χ3n) is 6.92. The van der Waals surface area contributed by atoms with Crippen LogP contribution in [0.15, 0.2) is 101 Å². The lowest BCUT2D eigenvalue weighted by Crippen LogP contribution is -2.37. The van der Waals surface area contributed by atoms with Crippen LogP contribution in [0.3, 0.4) is 0 Å². The third-order valence-corrected chi connectivity index (χ3v) is 6.92. The number of nitrogens with one attached hydrogen (secondary N) is 2. The van der Waals surface area contributed by atoms with E-state index in [4.69, 9.17) is 4.74 Å². The van der Waals surface area contributed by atoms with Crippen molar-refractivity contribution in [3.05, 3.63) is 118 Å². The number of allylic oxidation sites excluding steroid dienone is 3. The van der Waals surface area contributed by atoms with E-state index in [9.17, 15) is 14.0 Å². The van der Waals surface area contributed by atoms with Crippen molar-refractivity contribution in [2.75, 3.05) is 12.4 Å². The Bertz CT molecular complexity index is 1390. The van der Waals surface area contributed by atoms with Crippen LogP contribution < -0.4 is 15.4 Å². The summed E-state index contributed by atoms with van der Waals surface area (Å²) in [4.78, 5) is 27.4. The highest BCUT2D eigenvalue weighted by molar-refractivity contribution is 6.10. The molecule has 2 aliphatic rings. The molecule has 0 saturated heterocycles. The topological polar surface area (TPSA) is 67.4 Å². The lowest BCUT2D eigenvalue weighted by atomic mass is 9.71. The number of hydrogen-bond donors (Lipinski definition) is 2. The maximum Gasteiger partial charge on any atom is 0.254 e. The monoisotopic (exact) mass is 482 g/mol. The van der Waals surface area contributed by atoms with Gasteiger partial charge < -0.3 is 15.4 Å². The minimum atomic E-state index is -0.645. The molecule has 0 unspecified atom stereocenters. The molecule has 0 saturated carbocycles. The Morgan fingerprint density at radius 1 is 0.972 bits per heavy atom. The van der Waals surface area contributed by atoms with Gasteiger partial charge in [0.25, 0.3) is 5.91 Å². The molecular weight excluding hydrogens is 455 g/mol. The lowest BCUT2D eigenvalue weighted by Gasteiger charge is -2.37. The molecule has 2 atom stereocenters. The maximum absolute atomic E-state index is 14.4. The van der Waals surface area contributed by atoms with Crippen LogP contribution in [0.1, 0.15) is 42.7 Å². The standard InChI is InChI=1S/C30H27FN2O3/c1-18-27(30(35)33-23-14-8-7-13-22(23)31)28(21-12-6-9-15-26(21)36-2)29-24(32-18)16-20(17-25(29)34)19-10-4-3-5-11-19/h3-15,20,28,32H,16-17H2,1-2H3,(H,33,35)/t20-,28-/m0/s1. The fourth-order valence-corrected chi connectivity index (χ4v) is 5.27. The van der Waals surface area contributed by atoms with Crippen LogP contribution in [-0.4, -0.2) is 18.8 Å². The number of Topliss-reactive ketones (excluding diaryl/α,β-unsaturated/α-hetero) is 1. The van der Waals surface area contributed by atoms with Gasteiger partial charge in [-0.2, -0.15) is 0 Å². The number of ketones is 1. The van der Waals surface area contributed by atoms with Gasteiger partial charge in [-0.15, -0.1) is 0 Å². The summed E-state index contributed by atoms with van der Waals surface area (Å²) < 4.78 is 20.0. The number of para-hydroxylation sites is 2. The molecule has 0 aromatic heterocycles. The summed E-state index contributed by atoms with van der Waals surface area (Å²) >= 11 is 0. The lowest BCUT2D eigenvalue weighted by molar-refractivity contribution is -0.116. The second kappa shape index (κ2) is 9.82. The van der Waals surface area contributed by atoms with Gasteiger partial charge >= 0.3 is 0 Å². The normalized spacial score (nSPS) is 19.5. The number of ether oxygens (including phenoxy) is 1. The largest absolute Gasteiger partial charge is 0.496 e. The van der Waals surface area contributed by atoms with E-state index in [1.807, 2.05) is 61.5 Å². The first-order valence-corrected chi connectivity index (χ1v) is 12.0.